The van der Waals surface area contributed by atoms with Crippen molar-refractivity contribution in [2.75, 3.05) is 152 Å². The van der Waals surface area contributed by atoms with Gasteiger partial charge >= 0.3 is 0 Å². The van der Waals surface area contributed by atoms with Gasteiger partial charge in [-0.05, 0) is 0 Å². The van der Waals surface area contributed by atoms with Crippen molar-refractivity contribution in [1.82, 2.24) is 5.48 Å². The molecule has 0 aliphatic carbocycles. The van der Waals surface area contributed by atoms with Gasteiger partial charge in [-0.25, -0.2) is 5.48 Å². The number of nitrogens with one attached hydrogen (secondary N) is 1. The van der Waals surface area contributed by atoms with E-state index in [9.17, 15) is 0 Å². The lowest BCUT2D eigenvalue weighted by Gasteiger charge is -2.09. The molecule has 0 fully saturated rings. The fraction of sp³-hybridized carbons (Fsp3) is 1.00. The van der Waals surface area contributed by atoms with E-state index in [0.29, 0.717) is 145 Å². The molecule has 0 bridgehead atoms. The number of hydrogen-bond acceptors (Lipinski definition) is 13. The van der Waals surface area contributed by atoms with Crippen LogP contribution in [0.15, 0.2) is 0 Å². The standard InChI is InChI=1S/C23H49NO12/c1-26-4-5-28-8-9-30-12-13-32-16-17-34-20-21-36-23-22-35-19-18-33-15-14-31-11-10-29-7-6-27-3-2-24-25/h24-25H,2-23H2,1H3. The first kappa shape index (κ1) is 35.5. The molecule has 0 radical (unpaired) electrons. The van der Waals surface area contributed by atoms with Crippen LogP contribution in [-0.4, -0.2) is 158 Å². The maximum atomic E-state index is 8.37. The van der Waals surface area contributed by atoms with Crippen molar-refractivity contribution in [2.45, 2.75) is 0 Å². The van der Waals surface area contributed by atoms with E-state index in [4.69, 9.17) is 57.3 Å². The van der Waals surface area contributed by atoms with Gasteiger partial charge in [0, 0.05) is 13.7 Å². The van der Waals surface area contributed by atoms with Crippen LogP contribution in [0.1, 0.15) is 0 Å². The highest BCUT2D eigenvalue weighted by Gasteiger charge is 1.96. The maximum absolute atomic E-state index is 8.37. The summed E-state index contributed by atoms with van der Waals surface area (Å²) in [5, 5.41) is 8.37. The van der Waals surface area contributed by atoms with Crippen LogP contribution in [0.4, 0.5) is 0 Å². The lowest BCUT2D eigenvalue weighted by Crippen LogP contribution is -2.17. The van der Waals surface area contributed by atoms with Gasteiger partial charge in [0.25, 0.3) is 0 Å². The van der Waals surface area contributed by atoms with Crippen molar-refractivity contribution in [3.63, 3.8) is 0 Å². The molecule has 0 amide bonds. The van der Waals surface area contributed by atoms with Gasteiger partial charge in [0.05, 0.1) is 139 Å². The van der Waals surface area contributed by atoms with Crippen molar-refractivity contribution in [3.05, 3.63) is 0 Å². The molecule has 13 nitrogen and oxygen atoms in total. The first-order chi connectivity index (χ1) is 17.9. The van der Waals surface area contributed by atoms with Gasteiger partial charge in [0.2, 0.25) is 0 Å². The minimum absolute atomic E-state index is 0.403. The Hall–Kier alpha value is -0.520. The van der Waals surface area contributed by atoms with E-state index in [-0.39, 0.29) is 0 Å². The molecule has 2 N–H and O–H groups in total. The summed E-state index contributed by atoms with van der Waals surface area (Å²) in [7, 11) is 1.64. The van der Waals surface area contributed by atoms with Crippen molar-refractivity contribution < 1.29 is 57.3 Å². The Morgan fingerprint density at radius 1 is 0.333 bits per heavy atom. The number of hydroxylamine groups is 1. The number of rotatable bonds is 33. The highest BCUT2D eigenvalue weighted by Crippen LogP contribution is 1.86. The van der Waals surface area contributed by atoms with E-state index in [1.54, 1.807) is 7.11 Å². The van der Waals surface area contributed by atoms with Gasteiger partial charge in [0.15, 0.2) is 0 Å². The van der Waals surface area contributed by atoms with E-state index < -0.39 is 0 Å². The number of hydrogen-bond donors (Lipinski definition) is 2. The summed E-state index contributed by atoms with van der Waals surface area (Å²) in [5.41, 5.74) is 2.02. The van der Waals surface area contributed by atoms with Gasteiger partial charge in [-0.15, -0.1) is 0 Å². The molecule has 0 saturated heterocycles. The van der Waals surface area contributed by atoms with E-state index >= 15 is 0 Å². The number of ether oxygens (including phenoxy) is 11. The van der Waals surface area contributed by atoms with Crippen molar-refractivity contribution in [3.8, 4) is 0 Å². The third kappa shape index (κ3) is 33.5. The van der Waals surface area contributed by atoms with Crippen molar-refractivity contribution in [1.29, 1.82) is 0 Å². The van der Waals surface area contributed by atoms with Crippen LogP contribution in [0.2, 0.25) is 0 Å². The molecule has 0 aliphatic rings. The Kier molecular flexibility index (Phi) is 34.0. The third-order valence-electron chi connectivity index (χ3n) is 4.14. The Balaban J connectivity index is 3.00. The summed E-state index contributed by atoms with van der Waals surface area (Å²) in [4.78, 5) is 0. The lowest BCUT2D eigenvalue weighted by molar-refractivity contribution is -0.0272. The quantitative estimate of drug-likeness (QED) is 0.0854. The average molecular weight is 532 g/mol. The topological polar surface area (TPSA) is 134 Å². The largest absolute Gasteiger partial charge is 0.382 e. The summed E-state index contributed by atoms with van der Waals surface area (Å²) < 4.78 is 58.6. The van der Waals surface area contributed by atoms with E-state index in [0.717, 1.165) is 0 Å². The molecular formula is C23H49NO12. The SMILES string of the molecule is COCCOCCOCCOCCOCCOCCOCCOCCOCCOCCOCCNO. The molecule has 0 atom stereocenters. The molecule has 0 aromatic rings. The van der Waals surface area contributed by atoms with Crippen LogP contribution in [0, 0.1) is 0 Å². The van der Waals surface area contributed by atoms with Gasteiger partial charge in [0.1, 0.15) is 0 Å². The smallest absolute Gasteiger partial charge is 0.0701 e. The first-order valence-electron chi connectivity index (χ1n) is 12.5. The fourth-order valence-corrected chi connectivity index (χ4v) is 2.34. The van der Waals surface area contributed by atoms with Crippen molar-refractivity contribution >= 4 is 0 Å². The highest BCUT2D eigenvalue weighted by molar-refractivity contribution is 4.39. The lowest BCUT2D eigenvalue weighted by atomic mass is 10.6. The molecule has 0 spiro atoms. The monoisotopic (exact) mass is 531 g/mol. The second kappa shape index (κ2) is 34.5. The zero-order valence-corrected chi connectivity index (χ0v) is 22.0. The van der Waals surface area contributed by atoms with Crippen molar-refractivity contribution in [2.24, 2.45) is 0 Å². The van der Waals surface area contributed by atoms with Crippen LogP contribution >= 0.6 is 0 Å². The average Bonchev–Trinajstić information content (AvgIpc) is 2.89. The predicted octanol–water partition coefficient (Wildman–Crippen LogP) is -0.222. The number of methoxy groups -OCH3 is 1. The molecule has 218 valence electrons. The second-order valence-corrected chi connectivity index (χ2v) is 7.02. The molecule has 36 heavy (non-hydrogen) atoms. The van der Waals surface area contributed by atoms with Gasteiger partial charge in [-0.1, -0.05) is 0 Å². The van der Waals surface area contributed by atoms with Gasteiger partial charge in [-0.3, -0.25) is 0 Å². The first-order valence-corrected chi connectivity index (χ1v) is 12.5. The summed E-state index contributed by atoms with van der Waals surface area (Å²) >= 11 is 0. The van der Waals surface area contributed by atoms with E-state index in [1.165, 1.54) is 0 Å². The highest BCUT2D eigenvalue weighted by atomic mass is 16.6. The van der Waals surface area contributed by atoms with Crippen LogP contribution < -0.4 is 5.48 Å². The maximum Gasteiger partial charge on any atom is 0.0701 e. The zero-order chi connectivity index (χ0) is 26.0. The molecule has 0 rings (SSSR count). The zero-order valence-electron chi connectivity index (χ0n) is 22.0. The molecule has 0 heterocycles. The van der Waals surface area contributed by atoms with E-state index in [1.807, 2.05) is 5.48 Å². The summed E-state index contributed by atoms with van der Waals surface area (Å²) in [5.74, 6) is 0. The molecule has 0 aromatic heterocycles. The third-order valence-corrected chi connectivity index (χ3v) is 4.14. The van der Waals surface area contributed by atoms with Gasteiger partial charge < -0.3 is 57.3 Å². The molecule has 0 aromatic carbocycles. The van der Waals surface area contributed by atoms with Crippen LogP contribution in [-0.2, 0) is 52.1 Å². The van der Waals surface area contributed by atoms with E-state index in [2.05, 4.69) is 0 Å². The minimum Gasteiger partial charge on any atom is -0.382 e. The second-order valence-electron chi connectivity index (χ2n) is 7.02. The van der Waals surface area contributed by atoms with Crippen LogP contribution in [0.25, 0.3) is 0 Å². The Morgan fingerprint density at radius 3 is 0.722 bits per heavy atom. The normalized spacial score (nSPS) is 11.5. The fourth-order valence-electron chi connectivity index (χ4n) is 2.34. The minimum atomic E-state index is 0.403. The Morgan fingerprint density at radius 2 is 0.528 bits per heavy atom. The summed E-state index contributed by atoms with van der Waals surface area (Å²) in [6.07, 6.45) is 0. The van der Waals surface area contributed by atoms with Crippen LogP contribution in [0.3, 0.4) is 0 Å². The predicted molar refractivity (Wildman–Crippen MR) is 130 cm³/mol. The Bertz CT molecular complexity index is 351. The van der Waals surface area contributed by atoms with Crippen LogP contribution in [0.5, 0.6) is 0 Å². The molecular weight excluding hydrogens is 482 g/mol. The molecule has 0 unspecified atom stereocenters. The molecule has 0 aliphatic heterocycles. The molecule has 0 saturated carbocycles. The Labute approximate surface area is 215 Å². The summed E-state index contributed by atoms with van der Waals surface area (Å²) in [6.45, 7) is 11.3. The summed E-state index contributed by atoms with van der Waals surface area (Å²) in [6, 6.07) is 0. The molecule has 13 heteroatoms. The van der Waals surface area contributed by atoms with Gasteiger partial charge in [-0.2, -0.15) is 0 Å².